The molecule has 132 valence electrons. The summed E-state index contributed by atoms with van der Waals surface area (Å²) in [7, 11) is 0. The Morgan fingerprint density at radius 1 is 1.28 bits per heavy atom. The third-order valence-corrected chi connectivity index (χ3v) is 4.55. The Hall–Kier alpha value is -2.90. The Morgan fingerprint density at radius 2 is 2.00 bits per heavy atom. The number of piperazine rings is 1. The second-order valence-corrected chi connectivity index (χ2v) is 6.12. The Labute approximate surface area is 145 Å². The molecule has 1 aliphatic heterocycles. The predicted molar refractivity (Wildman–Crippen MR) is 91.6 cm³/mol. The molecule has 8 heteroatoms. The number of carbonyl (C=O) groups is 1. The lowest BCUT2D eigenvalue weighted by molar-refractivity contribution is -0.384. The topological polar surface area (TPSA) is 92.7 Å². The lowest BCUT2D eigenvalue weighted by Crippen LogP contribution is -2.49. The molecule has 0 N–H and O–H groups in total. The lowest BCUT2D eigenvalue weighted by atomic mass is 10.1. The Bertz CT molecular complexity index is 774. The molecule has 3 rings (SSSR count). The zero-order valence-corrected chi connectivity index (χ0v) is 14.3. The number of hydrogen-bond acceptors (Lipinski definition) is 6. The minimum Gasteiger partial charge on any atom is -0.368 e. The van der Waals surface area contributed by atoms with E-state index in [-0.39, 0.29) is 18.0 Å². The highest BCUT2D eigenvalue weighted by atomic mass is 16.6. The molecule has 1 aromatic heterocycles. The summed E-state index contributed by atoms with van der Waals surface area (Å²) >= 11 is 0. The number of nitro benzene ring substituents is 1. The number of aromatic nitrogens is 1. The number of amides is 1. The van der Waals surface area contributed by atoms with Crippen LogP contribution in [-0.4, -0.2) is 47.1 Å². The first-order valence-corrected chi connectivity index (χ1v) is 8.14. The summed E-state index contributed by atoms with van der Waals surface area (Å²) in [6, 6.07) is 6.59. The predicted octanol–water partition coefficient (Wildman–Crippen LogP) is 2.09. The normalized spacial score (nSPS) is 14.6. The molecular formula is C17H20N4O4. The highest BCUT2D eigenvalue weighted by Gasteiger charge is 2.24. The molecule has 1 saturated heterocycles. The van der Waals surface area contributed by atoms with Gasteiger partial charge in [0.1, 0.15) is 5.76 Å². The first-order valence-electron chi connectivity index (χ1n) is 8.14. The van der Waals surface area contributed by atoms with Crippen LogP contribution in [0.1, 0.15) is 17.0 Å². The molecule has 1 fully saturated rings. The molecule has 1 amide bonds. The molecule has 0 bridgehead atoms. The number of nitrogens with zero attached hydrogens (tertiary/aromatic N) is 4. The SMILES string of the molecule is Cc1noc(C)c1CC(=O)N1CCN(c2cccc([N+](=O)[O-])c2)CC1. The van der Waals surface area contributed by atoms with Gasteiger partial charge in [0.15, 0.2) is 0 Å². The van der Waals surface area contributed by atoms with Crippen LogP contribution in [0.2, 0.25) is 0 Å². The van der Waals surface area contributed by atoms with Crippen LogP contribution in [0, 0.1) is 24.0 Å². The van der Waals surface area contributed by atoms with Crippen LogP contribution < -0.4 is 4.90 Å². The lowest BCUT2D eigenvalue weighted by Gasteiger charge is -2.36. The molecule has 2 heterocycles. The van der Waals surface area contributed by atoms with Gasteiger partial charge in [-0.3, -0.25) is 14.9 Å². The van der Waals surface area contributed by atoms with Crippen molar-refractivity contribution in [3.8, 4) is 0 Å². The molecule has 0 atom stereocenters. The van der Waals surface area contributed by atoms with Crippen molar-refractivity contribution in [2.75, 3.05) is 31.1 Å². The van der Waals surface area contributed by atoms with Crippen LogP contribution in [0.5, 0.6) is 0 Å². The minimum atomic E-state index is -0.396. The number of rotatable bonds is 4. The van der Waals surface area contributed by atoms with Gasteiger partial charge in [0.2, 0.25) is 5.91 Å². The molecule has 0 unspecified atom stereocenters. The summed E-state index contributed by atoms with van der Waals surface area (Å²) in [5.41, 5.74) is 2.49. The zero-order valence-electron chi connectivity index (χ0n) is 14.3. The maximum absolute atomic E-state index is 12.5. The Morgan fingerprint density at radius 3 is 2.60 bits per heavy atom. The van der Waals surface area contributed by atoms with Crippen LogP contribution in [0.4, 0.5) is 11.4 Å². The standard InChI is InChI=1S/C17H20N4O4/c1-12-16(13(2)25-18-12)11-17(22)20-8-6-19(7-9-20)14-4-3-5-15(10-14)21(23)24/h3-5,10H,6-9,11H2,1-2H3. The van der Waals surface area contributed by atoms with E-state index >= 15 is 0 Å². The van der Waals surface area contributed by atoms with E-state index in [9.17, 15) is 14.9 Å². The van der Waals surface area contributed by atoms with Crippen molar-refractivity contribution in [2.24, 2.45) is 0 Å². The van der Waals surface area contributed by atoms with E-state index in [1.807, 2.05) is 24.8 Å². The highest BCUT2D eigenvalue weighted by molar-refractivity contribution is 5.79. The van der Waals surface area contributed by atoms with E-state index in [0.29, 0.717) is 31.9 Å². The van der Waals surface area contributed by atoms with E-state index in [1.54, 1.807) is 12.1 Å². The number of anilines is 1. The molecule has 0 spiro atoms. The van der Waals surface area contributed by atoms with Gasteiger partial charge in [0, 0.05) is 49.6 Å². The van der Waals surface area contributed by atoms with Crippen molar-refractivity contribution < 1.29 is 14.2 Å². The second-order valence-electron chi connectivity index (χ2n) is 6.12. The van der Waals surface area contributed by atoms with E-state index in [4.69, 9.17) is 4.52 Å². The molecule has 1 aliphatic rings. The first kappa shape index (κ1) is 16.9. The van der Waals surface area contributed by atoms with Crippen molar-refractivity contribution in [3.05, 3.63) is 51.4 Å². The van der Waals surface area contributed by atoms with Crippen molar-refractivity contribution in [1.29, 1.82) is 0 Å². The van der Waals surface area contributed by atoms with Crippen LogP contribution in [0.3, 0.4) is 0 Å². The summed E-state index contributed by atoms with van der Waals surface area (Å²) in [5.74, 6) is 0.731. The fraction of sp³-hybridized carbons (Fsp3) is 0.412. The molecule has 25 heavy (non-hydrogen) atoms. The van der Waals surface area contributed by atoms with Crippen LogP contribution in [0.25, 0.3) is 0 Å². The van der Waals surface area contributed by atoms with Crippen LogP contribution >= 0.6 is 0 Å². The summed E-state index contributed by atoms with van der Waals surface area (Å²) in [6.07, 6.45) is 0.290. The molecular weight excluding hydrogens is 324 g/mol. The van der Waals surface area contributed by atoms with E-state index in [2.05, 4.69) is 10.1 Å². The van der Waals surface area contributed by atoms with Gasteiger partial charge in [-0.05, 0) is 19.9 Å². The molecule has 0 saturated carbocycles. The number of non-ortho nitro benzene ring substituents is 1. The zero-order chi connectivity index (χ0) is 18.0. The first-order chi connectivity index (χ1) is 12.0. The summed E-state index contributed by atoms with van der Waals surface area (Å²) in [5, 5.41) is 14.8. The van der Waals surface area contributed by atoms with Crippen molar-refractivity contribution in [1.82, 2.24) is 10.1 Å². The molecule has 2 aromatic rings. The summed E-state index contributed by atoms with van der Waals surface area (Å²) in [4.78, 5) is 26.9. The van der Waals surface area contributed by atoms with E-state index in [0.717, 1.165) is 16.9 Å². The largest absolute Gasteiger partial charge is 0.368 e. The van der Waals surface area contributed by atoms with Gasteiger partial charge in [-0.25, -0.2) is 0 Å². The Balaban J connectivity index is 1.61. The third-order valence-electron chi connectivity index (χ3n) is 4.55. The van der Waals surface area contributed by atoms with Crippen molar-refractivity contribution >= 4 is 17.3 Å². The maximum atomic E-state index is 12.5. The van der Waals surface area contributed by atoms with E-state index in [1.165, 1.54) is 6.07 Å². The summed E-state index contributed by atoms with van der Waals surface area (Å²) in [6.45, 7) is 6.11. The average molecular weight is 344 g/mol. The van der Waals surface area contributed by atoms with Gasteiger partial charge >= 0.3 is 0 Å². The fourth-order valence-electron chi connectivity index (χ4n) is 3.03. The molecule has 0 radical (unpaired) electrons. The smallest absolute Gasteiger partial charge is 0.271 e. The number of nitro groups is 1. The van der Waals surface area contributed by atoms with Crippen molar-refractivity contribution in [3.63, 3.8) is 0 Å². The minimum absolute atomic E-state index is 0.0492. The van der Waals surface area contributed by atoms with Gasteiger partial charge in [-0.1, -0.05) is 11.2 Å². The van der Waals surface area contributed by atoms with E-state index < -0.39 is 4.92 Å². The van der Waals surface area contributed by atoms with Gasteiger partial charge in [-0.2, -0.15) is 0 Å². The summed E-state index contributed by atoms with van der Waals surface area (Å²) < 4.78 is 5.10. The van der Waals surface area contributed by atoms with Gasteiger partial charge in [0.25, 0.3) is 5.69 Å². The monoisotopic (exact) mass is 344 g/mol. The highest BCUT2D eigenvalue weighted by Crippen LogP contribution is 2.22. The molecule has 8 nitrogen and oxygen atoms in total. The van der Waals surface area contributed by atoms with Crippen LogP contribution in [-0.2, 0) is 11.2 Å². The van der Waals surface area contributed by atoms with Gasteiger partial charge in [0.05, 0.1) is 17.0 Å². The van der Waals surface area contributed by atoms with Gasteiger partial charge in [-0.15, -0.1) is 0 Å². The molecule has 1 aromatic carbocycles. The quantitative estimate of drug-likeness (QED) is 0.623. The van der Waals surface area contributed by atoms with Gasteiger partial charge < -0.3 is 14.3 Å². The van der Waals surface area contributed by atoms with Crippen molar-refractivity contribution in [2.45, 2.75) is 20.3 Å². The molecule has 0 aliphatic carbocycles. The maximum Gasteiger partial charge on any atom is 0.271 e. The van der Waals surface area contributed by atoms with Crippen LogP contribution in [0.15, 0.2) is 28.8 Å². The number of carbonyl (C=O) groups excluding carboxylic acids is 1. The second kappa shape index (κ2) is 6.92. The number of hydrogen-bond donors (Lipinski definition) is 0. The number of benzene rings is 1. The Kier molecular flexibility index (Phi) is 4.69. The average Bonchev–Trinajstić information content (AvgIpc) is 2.94. The third kappa shape index (κ3) is 3.62. The fourth-order valence-corrected chi connectivity index (χ4v) is 3.03. The number of aryl methyl sites for hydroxylation is 2.